The summed E-state index contributed by atoms with van der Waals surface area (Å²) in [6.07, 6.45) is 0.964. The van der Waals surface area contributed by atoms with Gasteiger partial charge in [-0.2, -0.15) is 0 Å². The van der Waals surface area contributed by atoms with Crippen LogP contribution in [0.25, 0.3) is 0 Å². The number of sulfone groups is 1. The molecule has 0 rings (SSSR count). The van der Waals surface area contributed by atoms with Crippen LogP contribution < -0.4 is 11.1 Å². The molecule has 0 aliphatic rings. The Morgan fingerprint density at radius 3 is 2.27 bits per heavy atom. The average molecular weight is 237 g/mol. The van der Waals surface area contributed by atoms with E-state index >= 15 is 0 Å². The minimum Gasteiger partial charge on any atom is -0.409 e. The number of carbonyl (C=O) groups excluding carboxylic acids is 1. The highest BCUT2D eigenvalue weighted by Crippen LogP contribution is 1.98. The Balaban J connectivity index is 4.53. The number of nitrogens with zero attached hydrogens (tertiary/aromatic N) is 1. The summed E-state index contributed by atoms with van der Waals surface area (Å²) >= 11 is 0. The molecule has 0 radical (unpaired) electrons. The van der Waals surface area contributed by atoms with Crippen molar-refractivity contribution in [3.8, 4) is 0 Å². The number of hydrogen-bond donors (Lipinski definition) is 3. The van der Waals surface area contributed by atoms with Gasteiger partial charge in [0.15, 0.2) is 15.7 Å². The Morgan fingerprint density at radius 2 is 1.93 bits per heavy atom. The summed E-state index contributed by atoms with van der Waals surface area (Å²) in [5, 5.41) is 12.1. The number of nitrogens with two attached hydrogens (primary N) is 1. The van der Waals surface area contributed by atoms with Crippen molar-refractivity contribution in [1.29, 1.82) is 0 Å². The van der Waals surface area contributed by atoms with Gasteiger partial charge in [-0.15, -0.1) is 0 Å². The lowest BCUT2D eigenvalue weighted by molar-refractivity contribution is -0.120. The summed E-state index contributed by atoms with van der Waals surface area (Å²) in [5.74, 6) is -0.874. The largest absolute Gasteiger partial charge is 0.409 e. The van der Waals surface area contributed by atoms with Gasteiger partial charge in [0.2, 0.25) is 5.91 Å². The molecule has 0 heterocycles. The van der Waals surface area contributed by atoms with Crippen molar-refractivity contribution in [3.05, 3.63) is 0 Å². The molecule has 2 unspecified atom stereocenters. The van der Waals surface area contributed by atoms with E-state index in [1.807, 2.05) is 0 Å². The lowest BCUT2D eigenvalue weighted by atomic mass is 10.3. The summed E-state index contributed by atoms with van der Waals surface area (Å²) in [7, 11) is -3.44. The summed E-state index contributed by atoms with van der Waals surface area (Å²) in [6, 6.07) is -0.716. The van der Waals surface area contributed by atoms with Crippen molar-refractivity contribution in [2.24, 2.45) is 10.9 Å². The molecule has 0 aromatic rings. The number of oxime groups is 1. The molecule has 0 aliphatic heterocycles. The van der Waals surface area contributed by atoms with Crippen LogP contribution in [-0.4, -0.2) is 42.9 Å². The molecule has 0 fully saturated rings. The lowest BCUT2D eigenvalue weighted by Crippen LogP contribution is -2.47. The molecule has 0 aromatic carbocycles. The number of amidine groups is 1. The first-order valence-corrected chi connectivity index (χ1v) is 6.12. The second kappa shape index (κ2) is 4.96. The van der Waals surface area contributed by atoms with E-state index in [1.54, 1.807) is 0 Å². The molecule has 0 saturated heterocycles. The zero-order valence-electron chi connectivity index (χ0n) is 8.76. The monoisotopic (exact) mass is 237 g/mol. The van der Waals surface area contributed by atoms with Crippen molar-refractivity contribution in [2.45, 2.75) is 25.1 Å². The van der Waals surface area contributed by atoms with Gasteiger partial charge in [0.25, 0.3) is 0 Å². The van der Waals surface area contributed by atoms with Crippen LogP contribution in [-0.2, 0) is 14.6 Å². The zero-order valence-corrected chi connectivity index (χ0v) is 9.58. The smallest absolute Gasteiger partial charge is 0.238 e. The molecule has 0 saturated carbocycles. The quantitative estimate of drug-likeness (QED) is 0.242. The molecule has 0 bridgehead atoms. The van der Waals surface area contributed by atoms with E-state index in [0.29, 0.717) is 0 Å². The van der Waals surface area contributed by atoms with Crippen LogP contribution in [0.3, 0.4) is 0 Å². The Morgan fingerprint density at radius 1 is 1.47 bits per heavy atom. The molecule has 15 heavy (non-hydrogen) atoms. The van der Waals surface area contributed by atoms with Crippen molar-refractivity contribution < 1.29 is 18.4 Å². The van der Waals surface area contributed by atoms with Crippen LogP contribution in [0.5, 0.6) is 0 Å². The van der Waals surface area contributed by atoms with E-state index in [-0.39, 0.29) is 5.84 Å². The molecule has 0 aliphatic carbocycles. The average Bonchev–Trinajstić information content (AvgIpc) is 2.13. The van der Waals surface area contributed by atoms with E-state index in [1.165, 1.54) is 13.8 Å². The van der Waals surface area contributed by atoms with Gasteiger partial charge in [-0.3, -0.25) is 4.79 Å². The molecule has 1 amide bonds. The van der Waals surface area contributed by atoms with Gasteiger partial charge in [-0.25, -0.2) is 8.42 Å². The van der Waals surface area contributed by atoms with Crippen LogP contribution >= 0.6 is 0 Å². The third-order valence-corrected chi connectivity index (χ3v) is 3.43. The molecule has 0 aromatic heterocycles. The second-order valence-corrected chi connectivity index (χ2v) is 5.59. The Hall–Kier alpha value is -1.31. The van der Waals surface area contributed by atoms with Crippen molar-refractivity contribution >= 4 is 21.6 Å². The first-order chi connectivity index (χ1) is 6.70. The third kappa shape index (κ3) is 4.15. The van der Waals surface area contributed by atoms with E-state index < -0.39 is 27.0 Å². The summed E-state index contributed by atoms with van der Waals surface area (Å²) in [5.41, 5.74) is 5.21. The maximum Gasteiger partial charge on any atom is 0.238 e. The van der Waals surface area contributed by atoms with E-state index in [4.69, 9.17) is 10.9 Å². The predicted octanol–water partition coefficient (Wildman–Crippen LogP) is -1.33. The fraction of sp³-hybridized carbons (Fsp3) is 0.714. The van der Waals surface area contributed by atoms with Crippen LogP contribution in [0, 0.1) is 0 Å². The first-order valence-electron chi connectivity index (χ1n) is 4.16. The Bertz CT molecular complexity index is 362. The Kier molecular flexibility index (Phi) is 4.53. The van der Waals surface area contributed by atoms with E-state index in [2.05, 4.69) is 10.5 Å². The van der Waals surface area contributed by atoms with Crippen LogP contribution in [0.1, 0.15) is 13.8 Å². The third-order valence-electron chi connectivity index (χ3n) is 1.93. The summed E-state index contributed by atoms with van der Waals surface area (Å²) < 4.78 is 22.0. The fourth-order valence-electron chi connectivity index (χ4n) is 0.686. The van der Waals surface area contributed by atoms with Crippen LogP contribution in [0.15, 0.2) is 5.16 Å². The first kappa shape index (κ1) is 13.7. The normalized spacial score (nSPS) is 16.9. The molecular weight excluding hydrogens is 222 g/mol. The summed E-state index contributed by atoms with van der Waals surface area (Å²) in [4.78, 5) is 11.3. The number of nitrogens with one attached hydrogen (secondary N) is 1. The van der Waals surface area contributed by atoms with Gasteiger partial charge in [-0.05, 0) is 13.8 Å². The van der Waals surface area contributed by atoms with Gasteiger partial charge >= 0.3 is 0 Å². The van der Waals surface area contributed by atoms with Crippen LogP contribution in [0.2, 0.25) is 0 Å². The zero-order chi connectivity index (χ0) is 12.2. The minimum absolute atomic E-state index is 0.191. The standard InChI is InChI=1S/C7H15N3O4S/c1-4(6(8)10-12)9-7(11)5(2)15(3,13)14/h4-5,12H,1-3H3,(H2,8,10)(H,9,11). The number of rotatable bonds is 4. The number of carbonyl (C=O) groups is 1. The lowest BCUT2D eigenvalue weighted by Gasteiger charge is -2.15. The van der Waals surface area contributed by atoms with Crippen molar-refractivity contribution in [1.82, 2.24) is 5.32 Å². The van der Waals surface area contributed by atoms with Crippen molar-refractivity contribution in [3.63, 3.8) is 0 Å². The summed E-state index contributed by atoms with van der Waals surface area (Å²) in [6.45, 7) is 2.74. The SMILES string of the molecule is CC(NC(=O)C(C)S(C)(=O)=O)C(N)=NO. The Labute approximate surface area is 88.2 Å². The maximum absolute atomic E-state index is 11.3. The number of amides is 1. The van der Waals surface area contributed by atoms with Gasteiger partial charge in [-0.1, -0.05) is 5.16 Å². The molecule has 4 N–H and O–H groups in total. The molecule has 8 heteroatoms. The van der Waals surface area contributed by atoms with Crippen LogP contribution in [0.4, 0.5) is 0 Å². The van der Waals surface area contributed by atoms with E-state index in [9.17, 15) is 13.2 Å². The van der Waals surface area contributed by atoms with Gasteiger partial charge in [0, 0.05) is 6.26 Å². The highest BCUT2D eigenvalue weighted by molar-refractivity contribution is 7.92. The van der Waals surface area contributed by atoms with Gasteiger partial charge < -0.3 is 16.3 Å². The molecule has 88 valence electrons. The van der Waals surface area contributed by atoms with Gasteiger partial charge in [0.05, 0.1) is 6.04 Å². The molecule has 2 atom stereocenters. The second-order valence-electron chi connectivity index (χ2n) is 3.23. The highest BCUT2D eigenvalue weighted by atomic mass is 32.2. The fourth-order valence-corrected chi connectivity index (χ4v) is 1.14. The molecule has 0 spiro atoms. The minimum atomic E-state index is -3.44. The predicted molar refractivity (Wildman–Crippen MR) is 55.3 cm³/mol. The van der Waals surface area contributed by atoms with Gasteiger partial charge in [0.1, 0.15) is 5.25 Å². The topological polar surface area (TPSA) is 122 Å². The maximum atomic E-state index is 11.3. The molecular formula is C7H15N3O4S. The van der Waals surface area contributed by atoms with Crippen molar-refractivity contribution in [2.75, 3.05) is 6.26 Å². The molecule has 7 nitrogen and oxygen atoms in total. The number of hydrogen-bond acceptors (Lipinski definition) is 5. The van der Waals surface area contributed by atoms with E-state index in [0.717, 1.165) is 6.26 Å². The highest BCUT2D eigenvalue weighted by Gasteiger charge is 2.25.